The second kappa shape index (κ2) is 10.4. The van der Waals surface area contributed by atoms with Gasteiger partial charge in [-0.15, -0.1) is 12.4 Å². The van der Waals surface area contributed by atoms with Gasteiger partial charge < -0.3 is 4.90 Å². The monoisotopic (exact) mass is 468 g/mol. The Balaban J connectivity index is 0.00000341. The number of hydrogen-bond donors (Lipinski definition) is 0. The lowest BCUT2D eigenvalue weighted by Gasteiger charge is -2.20. The Morgan fingerprint density at radius 1 is 1.19 bits per heavy atom. The molecule has 0 fully saturated rings. The van der Waals surface area contributed by atoms with Crippen LogP contribution < -0.4 is 4.90 Å². The molecule has 1 aromatic heterocycles. The zero-order chi connectivity index (χ0) is 21.8. The van der Waals surface area contributed by atoms with E-state index in [0.29, 0.717) is 23.4 Å². The maximum absolute atomic E-state index is 14.0. The van der Waals surface area contributed by atoms with E-state index in [9.17, 15) is 23.7 Å². The fourth-order valence-corrected chi connectivity index (χ4v) is 3.66. The standard InChI is InChI=1S/C20H18F2N4O3S.ClH/c1-24(2)9-10-25(20-23-19-16(22)11-14(21)12-17(19)30-20)18(27)8-5-13-3-6-15(7-4-13)26(28)29;/h3-8,11-12H,9-10H2,1-2H3;1H. The molecule has 0 aliphatic rings. The van der Waals surface area contributed by atoms with Crippen molar-refractivity contribution in [3.63, 3.8) is 0 Å². The van der Waals surface area contributed by atoms with Crippen molar-refractivity contribution in [3.8, 4) is 0 Å². The largest absolute Gasteiger partial charge is 0.308 e. The molecule has 0 saturated carbocycles. The number of benzene rings is 2. The fourth-order valence-electron chi connectivity index (χ4n) is 2.63. The smallest absolute Gasteiger partial charge is 0.269 e. The van der Waals surface area contributed by atoms with Crippen molar-refractivity contribution < 1.29 is 18.5 Å². The molecule has 1 amide bonds. The summed E-state index contributed by atoms with van der Waals surface area (Å²) in [4.78, 5) is 30.5. The number of carbonyl (C=O) groups excluding carboxylic acids is 1. The molecule has 0 aliphatic heterocycles. The first-order chi connectivity index (χ1) is 14.2. The number of fused-ring (bicyclic) bond motifs is 1. The van der Waals surface area contributed by atoms with Crippen molar-refractivity contribution >= 4 is 56.8 Å². The molecule has 11 heteroatoms. The quantitative estimate of drug-likeness (QED) is 0.289. The van der Waals surface area contributed by atoms with Gasteiger partial charge in [0.15, 0.2) is 10.9 Å². The van der Waals surface area contributed by atoms with Crippen LogP contribution in [0, 0.1) is 21.7 Å². The minimum absolute atomic E-state index is 0. The van der Waals surface area contributed by atoms with Crippen LogP contribution in [0.15, 0.2) is 42.5 Å². The first-order valence-electron chi connectivity index (χ1n) is 8.89. The number of aromatic nitrogens is 1. The summed E-state index contributed by atoms with van der Waals surface area (Å²) in [5.74, 6) is -1.89. The van der Waals surface area contributed by atoms with Crippen molar-refractivity contribution in [2.75, 3.05) is 32.1 Å². The number of rotatable bonds is 7. The van der Waals surface area contributed by atoms with E-state index in [-0.39, 0.29) is 28.7 Å². The van der Waals surface area contributed by atoms with Crippen LogP contribution >= 0.6 is 23.7 Å². The average Bonchev–Trinajstić information content (AvgIpc) is 3.10. The third kappa shape index (κ3) is 6.03. The zero-order valence-corrected chi connectivity index (χ0v) is 18.3. The number of nitrogens with zero attached hydrogens (tertiary/aromatic N) is 4. The van der Waals surface area contributed by atoms with Crippen LogP contribution in [0.3, 0.4) is 0 Å². The number of anilines is 1. The number of amides is 1. The van der Waals surface area contributed by atoms with Crippen LogP contribution in [0.1, 0.15) is 5.56 Å². The first kappa shape index (κ1) is 24.3. The average molecular weight is 469 g/mol. The van der Waals surface area contributed by atoms with Gasteiger partial charge in [0.05, 0.1) is 9.62 Å². The second-order valence-corrected chi connectivity index (χ2v) is 7.72. The van der Waals surface area contributed by atoms with Crippen LogP contribution in [0.5, 0.6) is 0 Å². The van der Waals surface area contributed by atoms with Gasteiger partial charge in [0.1, 0.15) is 11.3 Å². The highest BCUT2D eigenvalue weighted by atomic mass is 35.5. The van der Waals surface area contributed by atoms with Crippen LogP contribution in [0.25, 0.3) is 16.3 Å². The van der Waals surface area contributed by atoms with Gasteiger partial charge in [-0.1, -0.05) is 11.3 Å². The highest BCUT2D eigenvalue weighted by Gasteiger charge is 2.20. The third-order valence-electron chi connectivity index (χ3n) is 4.19. The molecular formula is C20H19ClF2N4O3S. The van der Waals surface area contributed by atoms with Crippen LogP contribution in [0.4, 0.5) is 19.6 Å². The van der Waals surface area contributed by atoms with Gasteiger partial charge >= 0.3 is 0 Å². The third-order valence-corrected chi connectivity index (χ3v) is 5.22. The van der Waals surface area contributed by atoms with Gasteiger partial charge in [0, 0.05) is 37.4 Å². The molecule has 3 aromatic rings. The Kier molecular flexibility index (Phi) is 8.14. The molecular weight excluding hydrogens is 450 g/mol. The summed E-state index contributed by atoms with van der Waals surface area (Å²) < 4.78 is 27.8. The van der Waals surface area contributed by atoms with E-state index < -0.39 is 22.5 Å². The van der Waals surface area contributed by atoms with Crippen LogP contribution in [-0.4, -0.2) is 47.9 Å². The van der Waals surface area contributed by atoms with Crippen molar-refractivity contribution in [2.24, 2.45) is 0 Å². The molecule has 2 aromatic carbocycles. The van der Waals surface area contributed by atoms with Gasteiger partial charge in [-0.25, -0.2) is 13.8 Å². The molecule has 1 heterocycles. The SMILES string of the molecule is CN(C)CCN(C(=O)C=Cc1ccc([N+](=O)[O-])cc1)c1nc2c(F)cc(F)cc2s1.Cl. The van der Waals surface area contributed by atoms with Gasteiger partial charge in [0.25, 0.3) is 11.6 Å². The second-order valence-electron chi connectivity index (χ2n) is 6.71. The van der Waals surface area contributed by atoms with E-state index in [2.05, 4.69) is 4.98 Å². The number of nitro groups is 1. The molecule has 0 bridgehead atoms. The lowest BCUT2D eigenvalue weighted by atomic mass is 10.2. The summed E-state index contributed by atoms with van der Waals surface area (Å²) in [6.07, 6.45) is 2.85. The Hall–Kier alpha value is -2.95. The maximum atomic E-state index is 14.0. The molecule has 0 atom stereocenters. The van der Waals surface area contributed by atoms with Crippen molar-refractivity contribution in [1.82, 2.24) is 9.88 Å². The van der Waals surface area contributed by atoms with E-state index in [1.807, 2.05) is 19.0 Å². The minimum Gasteiger partial charge on any atom is -0.308 e. The summed E-state index contributed by atoms with van der Waals surface area (Å²) >= 11 is 1.03. The molecule has 31 heavy (non-hydrogen) atoms. The van der Waals surface area contributed by atoms with Crippen molar-refractivity contribution in [3.05, 3.63) is 69.8 Å². The number of nitro benzene ring substituents is 1. The van der Waals surface area contributed by atoms with E-state index in [4.69, 9.17) is 0 Å². The molecule has 7 nitrogen and oxygen atoms in total. The number of thiazole rings is 1. The summed E-state index contributed by atoms with van der Waals surface area (Å²) in [6, 6.07) is 7.69. The summed E-state index contributed by atoms with van der Waals surface area (Å²) in [6.45, 7) is 0.824. The summed E-state index contributed by atoms with van der Waals surface area (Å²) in [7, 11) is 3.70. The predicted molar refractivity (Wildman–Crippen MR) is 120 cm³/mol. The number of halogens is 3. The number of likely N-dealkylation sites (N-methyl/N-ethyl adjacent to an activating group) is 1. The zero-order valence-electron chi connectivity index (χ0n) is 16.6. The normalized spacial score (nSPS) is 11.1. The summed E-state index contributed by atoms with van der Waals surface area (Å²) in [5, 5.41) is 11.0. The van der Waals surface area contributed by atoms with Crippen molar-refractivity contribution in [1.29, 1.82) is 0 Å². The maximum Gasteiger partial charge on any atom is 0.269 e. The summed E-state index contributed by atoms with van der Waals surface area (Å²) in [5.41, 5.74) is 0.576. The molecule has 0 aliphatic carbocycles. The van der Waals surface area contributed by atoms with Gasteiger partial charge in [0.2, 0.25) is 0 Å². The topological polar surface area (TPSA) is 79.6 Å². The molecule has 0 unspecified atom stereocenters. The number of non-ortho nitro benzene ring substituents is 1. The Morgan fingerprint density at radius 3 is 2.48 bits per heavy atom. The first-order valence-corrected chi connectivity index (χ1v) is 9.70. The molecule has 0 radical (unpaired) electrons. The molecule has 164 valence electrons. The number of hydrogen-bond acceptors (Lipinski definition) is 6. The van der Waals surface area contributed by atoms with Crippen molar-refractivity contribution in [2.45, 2.75) is 0 Å². The lowest BCUT2D eigenvalue weighted by Crippen LogP contribution is -2.35. The minimum atomic E-state index is -0.783. The molecule has 0 spiro atoms. The fraction of sp³-hybridized carbons (Fsp3) is 0.200. The van der Waals surface area contributed by atoms with E-state index in [1.165, 1.54) is 47.4 Å². The van der Waals surface area contributed by atoms with Gasteiger partial charge in [-0.3, -0.25) is 19.8 Å². The van der Waals surface area contributed by atoms with Crippen LogP contribution in [-0.2, 0) is 4.79 Å². The Bertz CT molecular complexity index is 1120. The number of carbonyl (C=O) groups is 1. The van der Waals surface area contributed by atoms with E-state index in [1.54, 1.807) is 0 Å². The highest BCUT2D eigenvalue weighted by molar-refractivity contribution is 7.22. The molecule has 0 saturated heterocycles. The Morgan fingerprint density at radius 2 is 1.87 bits per heavy atom. The van der Waals surface area contributed by atoms with Gasteiger partial charge in [-0.05, 0) is 43.9 Å². The van der Waals surface area contributed by atoms with E-state index >= 15 is 0 Å². The predicted octanol–water partition coefficient (Wildman–Crippen LogP) is 4.51. The van der Waals surface area contributed by atoms with Gasteiger partial charge in [-0.2, -0.15) is 0 Å². The van der Waals surface area contributed by atoms with E-state index in [0.717, 1.165) is 17.4 Å². The van der Waals surface area contributed by atoms with Crippen LogP contribution in [0.2, 0.25) is 0 Å². The molecule has 3 rings (SSSR count). The lowest BCUT2D eigenvalue weighted by molar-refractivity contribution is -0.384. The Labute approximate surface area is 187 Å². The highest BCUT2D eigenvalue weighted by Crippen LogP contribution is 2.31. The molecule has 0 N–H and O–H groups in total.